The van der Waals surface area contributed by atoms with Crippen molar-refractivity contribution >= 4 is 6.29 Å². The smallest absolute Gasteiger partial charge is 0.126 e. The first-order valence-corrected chi connectivity index (χ1v) is 8.46. The first kappa shape index (κ1) is 14.8. The maximum atomic E-state index is 11.7. The van der Waals surface area contributed by atoms with Gasteiger partial charge >= 0.3 is 0 Å². The van der Waals surface area contributed by atoms with E-state index in [-0.39, 0.29) is 10.8 Å². The van der Waals surface area contributed by atoms with E-state index in [1.165, 1.54) is 43.1 Å². The molecule has 0 aromatic carbocycles. The zero-order valence-corrected chi connectivity index (χ0v) is 13.8. The number of hydrogen-bond acceptors (Lipinski definition) is 1. The van der Waals surface area contributed by atoms with E-state index in [0.29, 0.717) is 5.92 Å². The van der Waals surface area contributed by atoms with Gasteiger partial charge in [0, 0.05) is 5.41 Å². The summed E-state index contributed by atoms with van der Waals surface area (Å²) in [6.07, 6.45) is 11.8. The van der Waals surface area contributed by atoms with Crippen LogP contribution in [0.4, 0.5) is 0 Å². The molecule has 1 heteroatoms. The van der Waals surface area contributed by atoms with E-state index in [2.05, 4.69) is 33.4 Å². The largest absolute Gasteiger partial charge is 0.303 e. The van der Waals surface area contributed by atoms with Gasteiger partial charge < -0.3 is 4.79 Å². The van der Waals surface area contributed by atoms with Crippen molar-refractivity contribution in [2.75, 3.05) is 0 Å². The van der Waals surface area contributed by atoms with Crippen LogP contribution in [-0.2, 0) is 4.79 Å². The Balaban J connectivity index is 2.04. The lowest BCUT2D eigenvalue weighted by molar-refractivity contribution is -0.124. The molecule has 21 heavy (non-hydrogen) atoms. The molecule has 0 bridgehead atoms. The second kappa shape index (κ2) is 4.97. The number of aldehydes is 1. The molecule has 0 aromatic rings. The van der Waals surface area contributed by atoms with Gasteiger partial charge in [-0.1, -0.05) is 44.1 Å². The summed E-state index contributed by atoms with van der Waals surface area (Å²) >= 11 is 0. The normalized spacial score (nSPS) is 39.2. The summed E-state index contributed by atoms with van der Waals surface area (Å²) in [7, 11) is 0. The van der Waals surface area contributed by atoms with Crippen LogP contribution in [0.25, 0.3) is 0 Å². The van der Waals surface area contributed by atoms with Crippen LogP contribution in [-0.4, -0.2) is 6.29 Å². The van der Waals surface area contributed by atoms with Crippen LogP contribution >= 0.6 is 0 Å². The highest BCUT2D eigenvalue weighted by Gasteiger charge is 2.52. The van der Waals surface area contributed by atoms with Gasteiger partial charge in [-0.3, -0.25) is 0 Å². The molecule has 0 N–H and O–H groups in total. The summed E-state index contributed by atoms with van der Waals surface area (Å²) in [5.41, 5.74) is 6.02. The van der Waals surface area contributed by atoms with Gasteiger partial charge in [-0.15, -0.1) is 0 Å². The van der Waals surface area contributed by atoms with Gasteiger partial charge in [-0.25, -0.2) is 0 Å². The van der Waals surface area contributed by atoms with E-state index in [0.717, 1.165) is 19.3 Å². The Hall–Kier alpha value is -1.11. The third kappa shape index (κ3) is 2.17. The molecule has 1 saturated carbocycles. The average molecular weight is 284 g/mol. The molecule has 3 aliphatic rings. The first-order chi connectivity index (χ1) is 9.90. The maximum Gasteiger partial charge on any atom is 0.126 e. The fourth-order valence-electron chi connectivity index (χ4n) is 5.36. The lowest BCUT2D eigenvalue weighted by Crippen LogP contribution is -2.47. The lowest BCUT2D eigenvalue weighted by Gasteiger charge is -2.55. The maximum absolute atomic E-state index is 11.7. The molecule has 1 fully saturated rings. The standard InChI is InChI=1S/C20H28O/c1-14(2)15-6-8-17-16(12-15)7-9-18-19(3,13-21)10-5-11-20(17,18)4/h12-13,18H,1,5-11H2,2-4H3/t18-,19+,20+/m0/s1. The molecular formula is C20H28O. The zero-order chi connectivity index (χ0) is 15.3. The molecule has 0 spiro atoms. The van der Waals surface area contributed by atoms with Crippen molar-refractivity contribution in [3.8, 4) is 0 Å². The molecule has 3 rings (SSSR count). The predicted molar refractivity (Wildman–Crippen MR) is 88.0 cm³/mol. The van der Waals surface area contributed by atoms with Crippen molar-refractivity contribution in [3.63, 3.8) is 0 Å². The predicted octanol–water partition coefficient (Wildman–Crippen LogP) is 5.38. The highest BCUT2D eigenvalue weighted by atomic mass is 16.1. The number of carbonyl (C=O) groups is 1. The third-order valence-corrected chi connectivity index (χ3v) is 6.57. The molecule has 0 radical (unpaired) electrons. The fraction of sp³-hybridized carbons (Fsp3) is 0.650. The molecule has 114 valence electrons. The molecule has 3 aliphatic carbocycles. The topological polar surface area (TPSA) is 17.1 Å². The Morgan fingerprint density at radius 1 is 1.29 bits per heavy atom. The number of fused-ring (bicyclic) bond motifs is 2. The van der Waals surface area contributed by atoms with E-state index >= 15 is 0 Å². The van der Waals surface area contributed by atoms with Crippen molar-refractivity contribution in [1.29, 1.82) is 0 Å². The summed E-state index contributed by atoms with van der Waals surface area (Å²) in [5.74, 6) is 0.537. The van der Waals surface area contributed by atoms with Gasteiger partial charge in [0.2, 0.25) is 0 Å². The van der Waals surface area contributed by atoms with Crippen LogP contribution in [0, 0.1) is 16.7 Å². The van der Waals surface area contributed by atoms with E-state index < -0.39 is 0 Å². The Kier molecular flexibility index (Phi) is 3.50. The van der Waals surface area contributed by atoms with E-state index in [4.69, 9.17) is 0 Å². The summed E-state index contributed by atoms with van der Waals surface area (Å²) in [6, 6.07) is 0. The summed E-state index contributed by atoms with van der Waals surface area (Å²) in [4.78, 5) is 11.7. The lowest BCUT2D eigenvalue weighted by atomic mass is 9.49. The molecule has 1 nitrogen and oxygen atoms in total. The van der Waals surface area contributed by atoms with Gasteiger partial charge in [-0.05, 0) is 67.9 Å². The van der Waals surface area contributed by atoms with Crippen LogP contribution in [0.2, 0.25) is 0 Å². The Bertz CT molecular complexity index is 550. The van der Waals surface area contributed by atoms with Gasteiger partial charge in [-0.2, -0.15) is 0 Å². The van der Waals surface area contributed by atoms with Crippen LogP contribution in [0.3, 0.4) is 0 Å². The Morgan fingerprint density at radius 2 is 2.05 bits per heavy atom. The van der Waals surface area contributed by atoms with Gasteiger partial charge in [0.05, 0.1) is 0 Å². The summed E-state index contributed by atoms with van der Waals surface area (Å²) in [6.45, 7) is 10.9. The molecule has 0 saturated heterocycles. The number of hydrogen-bond donors (Lipinski definition) is 0. The van der Waals surface area contributed by atoms with Crippen molar-refractivity contribution in [2.24, 2.45) is 16.7 Å². The quantitative estimate of drug-likeness (QED) is 0.622. The number of carbonyl (C=O) groups excluding carboxylic acids is 1. The van der Waals surface area contributed by atoms with Crippen molar-refractivity contribution in [3.05, 3.63) is 34.9 Å². The number of rotatable bonds is 2. The third-order valence-electron chi connectivity index (χ3n) is 6.57. The second-order valence-corrected chi connectivity index (χ2v) is 7.94. The minimum atomic E-state index is -0.107. The van der Waals surface area contributed by atoms with Gasteiger partial charge in [0.1, 0.15) is 6.29 Å². The fourth-order valence-corrected chi connectivity index (χ4v) is 5.36. The minimum absolute atomic E-state index is 0.107. The molecule has 0 heterocycles. The average Bonchev–Trinajstić information content (AvgIpc) is 2.46. The molecule has 0 amide bonds. The van der Waals surface area contributed by atoms with E-state index in [9.17, 15) is 4.79 Å². The molecular weight excluding hydrogens is 256 g/mol. The molecule has 0 aromatic heterocycles. The van der Waals surface area contributed by atoms with Crippen LogP contribution in [0.1, 0.15) is 65.7 Å². The van der Waals surface area contributed by atoms with Crippen LogP contribution < -0.4 is 0 Å². The van der Waals surface area contributed by atoms with Crippen LogP contribution in [0.5, 0.6) is 0 Å². The molecule has 0 aliphatic heterocycles. The van der Waals surface area contributed by atoms with Crippen molar-refractivity contribution in [1.82, 2.24) is 0 Å². The summed E-state index contributed by atoms with van der Waals surface area (Å²) < 4.78 is 0. The highest BCUT2D eigenvalue weighted by molar-refractivity contribution is 5.61. The van der Waals surface area contributed by atoms with Crippen molar-refractivity contribution < 1.29 is 4.79 Å². The number of allylic oxidation sites excluding steroid dienone is 5. The first-order valence-electron chi connectivity index (χ1n) is 8.46. The van der Waals surface area contributed by atoms with Gasteiger partial charge in [0.25, 0.3) is 0 Å². The minimum Gasteiger partial charge on any atom is -0.303 e. The van der Waals surface area contributed by atoms with Crippen LogP contribution in [0.15, 0.2) is 34.9 Å². The van der Waals surface area contributed by atoms with Gasteiger partial charge in [0.15, 0.2) is 0 Å². The molecule has 0 unspecified atom stereocenters. The van der Waals surface area contributed by atoms with Crippen molar-refractivity contribution in [2.45, 2.75) is 65.7 Å². The Labute approximate surface area is 129 Å². The Morgan fingerprint density at radius 3 is 2.71 bits per heavy atom. The zero-order valence-electron chi connectivity index (χ0n) is 13.8. The molecule has 3 atom stereocenters. The monoisotopic (exact) mass is 284 g/mol. The van der Waals surface area contributed by atoms with E-state index in [1.807, 2.05) is 0 Å². The highest BCUT2D eigenvalue weighted by Crippen LogP contribution is 2.60. The van der Waals surface area contributed by atoms with E-state index in [1.54, 1.807) is 11.1 Å². The second-order valence-electron chi connectivity index (χ2n) is 7.94. The summed E-state index contributed by atoms with van der Waals surface area (Å²) in [5, 5.41) is 0. The SMILES string of the molecule is C=C(C)C1=CC2=C(CC1)[C@@]1(C)CCC[C@](C)(C=O)[C@@H]1CC2.